The van der Waals surface area contributed by atoms with Crippen LogP contribution in [-0.4, -0.2) is 28.6 Å². The first-order valence-electron chi connectivity index (χ1n) is 7.65. The summed E-state index contributed by atoms with van der Waals surface area (Å²) in [5.41, 5.74) is 1.88. The Bertz CT molecular complexity index is 873. The lowest BCUT2D eigenvalue weighted by atomic mass is 10.2. The predicted molar refractivity (Wildman–Crippen MR) is 91.9 cm³/mol. The van der Waals surface area contributed by atoms with Gasteiger partial charge in [-0.05, 0) is 36.4 Å². The molecular weight excluding hydrogens is 320 g/mol. The van der Waals surface area contributed by atoms with Gasteiger partial charge in [-0.15, -0.1) is 10.2 Å². The second-order valence-corrected chi connectivity index (χ2v) is 5.30. The van der Waals surface area contributed by atoms with E-state index in [1.54, 1.807) is 55.5 Å². The average Bonchev–Trinajstić information content (AvgIpc) is 3.07. The molecule has 2 aromatic carbocycles. The number of rotatable bonds is 5. The first kappa shape index (κ1) is 16.4. The van der Waals surface area contributed by atoms with Crippen LogP contribution in [0.4, 0.5) is 5.69 Å². The van der Waals surface area contributed by atoms with Crippen molar-refractivity contribution in [2.24, 2.45) is 0 Å². The lowest BCUT2D eigenvalue weighted by Crippen LogP contribution is -2.32. The Balaban J connectivity index is 1.53. The number of carbonyl (C=O) groups is 2. The zero-order valence-electron chi connectivity index (χ0n) is 13.5. The molecule has 3 rings (SSSR count). The Morgan fingerprint density at radius 2 is 1.72 bits per heavy atom. The van der Waals surface area contributed by atoms with E-state index in [2.05, 4.69) is 20.8 Å². The van der Waals surface area contributed by atoms with E-state index in [1.807, 2.05) is 6.07 Å². The molecule has 126 valence electrons. The topological polar surface area (TPSA) is 97.1 Å². The van der Waals surface area contributed by atoms with E-state index >= 15 is 0 Å². The highest BCUT2D eigenvalue weighted by atomic mass is 16.4. The SMILES string of the molecule is Cc1nnc(-c2ccc(NC(=O)CNC(=O)c3ccccc3)cc2)o1. The van der Waals surface area contributed by atoms with Gasteiger partial charge in [0.2, 0.25) is 17.7 Å². The minimum absolute atomic E-state index is 0.113. The van der Waals surface area contributed by atoms with Gasteiger partial charge in [-0.3, -0.25) is 9.59 Å². The lowest BCUT2D eigenvalue weighted by molar-refractivity contribution is -0.115. The monoisotopic (exact) mass is 336 g/mol. The number of nitrogens with zero attached hydrogens (tertiary/aromatic N) is 2. The van der Waals surface area contributed by atoms with E-state index < -0.39 is 0 Å². The molecule has 0 radical (unpaired) electrons. The Labute approximate surface area is 144 Å². The van der Waals surface area contributed by atoms with E-state index in [0.29, 0.717) is 23.0 Å². The van der Waals surface area contributed by atoms with Crippen molar-refractivity contribution in [3.63, 3.8) is 0 Å². The Kier molecular flexibility index (Phi) is 4.84. The molecule has 0 aliphatic rings. The van der Waals surface area contributed by atoms with Crippen LogP contribution in [0.25, 0.3) is 11.5 Å². The largest absolute Gasteiger partial charge is 0.421 e. The highest BCUT2D eigenvalue weighted by molar-refractivity contribution is 5.99. The van der Waals surface area contributed by atoms with Gasteiger partial charge in [0.25, 0.3) is 5.91 Å². The fourth-order valence-corrected chi connectivity index (χ4v) is 2.17. The number of amides is 2. The summed E-state index contributed by atoms with van der Waals surface area (Å²) in [7, 11) is 0. The molecule has 0 spiro atoms. The summed E-state index contributed by atoms with van der Waals surface area (Å²) in [5.74, 6) is 0.301. The number of carbonyl (C=O) groups excluding carboxylic acids is 2. The van der Waals surface area contributed by atoms with Crippen molar-refractivity contribution in [1.82, 2.24) is 15.5 Å². The molecule has 0 saturated carbocycles. The van der Waals surface area contributed by atoms with E-state index in [-0.39, 0.29) is 18.4 Å². The number of benzene rings is 2. The van der Waals surface area contributed by atoms with Crippen molar-refractivity contribution in [2.75, 3.05) is 11.9 Å². The van der Waals surface area contributed by atoms with Crippen LogP contribution in [-0.2, 0) is 4.79 Å². The maximum absolute atomic E-state index is 11.9. The van der Waals surface area contributed by atoms with Gasteiger partial charge in [-0.25, -0.2) is 0 Å². The highest BCUT2D eigenvalue weighted by Crippen LogP contribution is 2.19. The predicted octanol–water partition coefficient (Wildman–Crippen LogP) is 2.41. The first-order chi connectivity index (χ1) is 12.1. The van der Waals surface area contributed by atoms with Gasteiger partial charge in [-0.1, -0.05) is 18.2 Å². The minimum Gasteiger partial charge on any atom is -0.421 e. The van der Waals surface area contributed by atoms with Gasteiger partial charge in [0.15, 0.2) is 0 Å². The number of aryl methyl sites for hydroxylation is 1. The summed E-state index contributed by atoms with van der Waals surface area (Å²) in [5, 5.41) is 13.0. The standard InChI is InChI=1S/C18H16N4O3/c1-12-21-22-18(25-12)14-7-9-15(10-8-14)20-16(23)11-19-17(24)13-5-3-2-4-6-13/h2-10H,11H2,1H3,(H,19,24)(H,20,23). The van der Waals surface area contributed by atoms with Crippen molar-refractivity contribution in [3.05, 3.63) is 66.1 Å². The fraction of sp³-hybridized carbons (Fsp3) is 0.111. The van der Waals surface area contributed by atoms with Crippen LogP contribution in [0.1, 0.15) is 16.2 Å². The van der Waals surface area contributed by atoms with Gasteiger partial charge in [0, 0.05) is 23.7 Å². The minimum atomic E-state index is -0.314. The molecule has 0 saturated heterocycles. The molecule has 2 N–H and O–H groups in total. The number of hydrogen-bond acceptors (Lipinski definition) is 5. The van der Waals surface area contributed by atoms with E-state index in [0.717, 1.165) is 5.56 Å². The summed E-state index contributed by atoms with van der Waals surface area (Å²) in [6.45, 7) is 1.60. The number of aromatic nitrogens is 2. The number of hydrogen-bond donors (Lipinski definition) is 2. The first-order valence-corrected chi connectivity index (χ1v) is 7.65. The number of anilines is 1. The average molecular weight is 336 g/mol. The molecule has 1 heterocycles. The summed E-state index contributed by atoms with van der Waals surface area (Å²) >= 11 is 0. The lowest BCUT2D eigenvalue weighted by Gasteiger charge is -2.07. The molecular formula is C18H16N4O3. The maximum Gasteiger partial charge on any atom is 0.251 e. The molecule has 2 amide bonds. The van der Waals surface area contributed by atoms with Crippen molar-refractivity contribution in [3.8, 4) is 11.5 Å². The van der Waals surface area contributed by atoms with Gasteiger partial charge in [0.05, 0.1) is 6.54 Å². The van der Waals surface area contributed by atoms with E-state index in [9.17, 15) is 9.59 Å². The van der Waals surface area contributed by atoms with Crippen molar-refractivity contribution >= 4 is 17.5 Å². The van der Waals surface area contributed by atoms with Crippen molar-refractivity contribution < 1.29 is 14.0 Å². The summed E-state index contributed by atoms with van der Waals surface area (Å²) in [6.07, 6.45) is 0. The van der Waals surface area contributed by atoms with E-state index in [1.165, 1.54) is 0 Å². The molecule has 25 heavy (non-hydrogen) atoms. The number of nitrogens with one attached hydrogen (secondary N) is 2. The molecule has 7 nitrogen and oxygen atoms in total. The van der Waals surface area contributed by atoms with Crippen LogP contribution in [0.15, 0.2) is 59.0 Å². The Morgan fingerprint density at radius 1 is 1.00 bits per heavy atom. The molecule has 0 unspecified atom stereocenters. The fourth-order valence-electron chi connectivity index (χ4n) is 2.17. The van der Waals surface area contributed by atoms with Crippen LogP contribution >= 0.6 is 0 Å². The van der Waals surface area contributed by atoms with Gasteiger partial charge in [0.1, 0.15) is 0 Å². The van der Waals surface area contributed by atoms with Gasteiger partial charge < -0.3 is 15.1 Å². The Hall–Kier alpha value is -3.48. The van der Waals surface area contributed by atoms with Crippen molar-refractivity contribution in [2.45, 2.75) is 6.92 Å². The molecule has 0 atom stereocenters. The van der Waals surface area contributed by atoms with Crippen LogP contribution in [0.3, 0.4) is 0 Å². The third-order valence-electron chi connectivity index (χ3n) is 3.39. The quantitative estimate of drug-likeness (QED) is 0.746. The zero-order chi connectivity index (χ0) is 17.6. The van der Waals surface area contributed by atoms with Crippen LogP contribution < -0.4 is 10.6 Å². The van der Waals surface area contributed by atoms with Crippen LogP contribution in [0.5, 0.6) is 0 Å². The maximum atomic E-state index is 11.9. The zero-order valence-corrected chi connectivity index (χ0v) is 13.5. The van der Waals surface area contributed by atoms with Gasteiger partial charge >= 0.3 is 0 Å². The smallest absolute Gasteiger partial charge is 0.251 e. The third kappa shape index (κ3) is 4.29. The van der Waals surface area contributed by atoms with Crippen LogP contribution in [0, 0.1) is 6.92 Å². The second kappa shape index (κ2) is 7.39. The molecule has 7 heteroatoms. The van der Waals surface area contributed by atoms with Gasteiger partial charge in [-0.2, -0.15) is 0 Å². The third-order valence-corrected chi connectivity index (χ3v) is 3.39. The molecule has 0 aliphatic heterocycles. The molecule has 0 bridgehead atoms. The highest BCUT2D eigenvalue weighted by Gasteiger charge is 2.09. The molecule has 3 aromatic rings. The Morgan fingerprint density at radius 3 is 2.36 bits per heavy atom. The van der Waals surface area contributed by atoms with Crippen LogP contribution in [0.2, 0.25) is 0 Å². The summed E-state index contributed by atoms with van der Waals surface area (Å²) in [4.78, 5) is 23.8. The second-order valence-electron chi connectivity index (χ2n) is 5.30. The molecule has 0 fully saturated rings. The van der Waals surface area contributed by atoms with Crippen molar-refractivity contribution in [1.29, 1.82) is 0 Å². The normalized spacial score (nSPS) is 10.3. The molecule has 1 aromatic heterocycles. The summed E-state index contributed by atoms with van der Waals surface area (Å²) < 4.78 is 5.34. The van der Waals surface area contributed by atoms with E-state index in [4.69, 9.17) is 4.42 Å². The molecule has 0 aliphatic carbocycles. The summed E-state index contributed by atoms with van der Waals surface area (Å²) in [6, 6.07) is 15.7.